The van der Waals surface area contributed by atoms with Gasteiger partial charge in [-0.2, -0.15) is 0 Å². The third kappa shape index (κ3) is 1.86. The van der Waals surface area contributed by atoms with E-state index in [0.717, 1.165) is 0 Å². The summed E-state index contributed by atoms with van der Waals surface area (Å²) in [5.41, 5.74) is 0.362. The van der Waals surface area contributed by atoms with Crippen LogP contribution in [0.3, 0.4) is 0 Å². The van der Waals surface area contributed by atoms with Crippen molar-refractivity contribution in [3.05, 3.63) is 21.8 Å². The van der Waals surface area contributed by atoms with Crippen LogP contribution in [-0.2, 0) is 0 Å². The zero-order valence-electron chi connectivity index (χ0n) is 5.81. The summed E-state index contributed by atoms with van der Waals surface area (Å²) >= 11 is 17.0. The van der Waals surface area contributed by atoms with Crippen molar-refractivity contribution in [2.24, 2.45) is 5.16 Å². The molecule has 0 saturated heterocycles. The number of nitrogens with zero attached hydrogens (tertiary/aromatic N) is 1. The van der Waals surface area contributed by atoms with Gasteiger partial charge in [-0.3, -0.25) is 0 Å². The summed E-state index contributed by atoms with van der Waals surface area (Å²) in [5, 5.41) is 14.6. The van der Waals surface area contributed by atoms with Gasteiger partial charge in [-0.05, 0) is 0 Å². The van der Waals surface area contributed by atoms with E-state index in [2.05, 4.69) is 10.5 Å². The highest BCUT2D eigenvalue weighted by Crippen LogP contribution is 2.26. The van der Waals surface area contributed by atoms with Gasteiger partial charge in [0.2, 0.25) is 0 Å². The maximum atomic E-state index is 8.38. The first-order chi connectivity index (χ1) is 5.66. The van der Waals surface area contributed by atoms with Crippen LogP contribution >= 0.6 is 34.8 Å². The number of hydrogen-bond acceptors (Lipinski definition) is 3. The van der Waals surface area contributed by atoms with Crippen molar-refractivity contribution >= 4 is 40.0 Å². The van der Waals surface area contributed by atoms with Crippen LogP contribution in [0.1, 0.15) is 0 Å². The summed E-state index contributed by atoms with van der Waals surface area (Å²) in [6, 6.07) is 0. The Kier molecular flexibility index (Phi) is 3.26. The second-order valence-electron chi connectivity index (χ2n) is 2.04. The monoisotopic (exact) mass is 226 g/mol. The molecule has 1 heterocycles. The molecule has 1 aliphatic heterocycles. The Labute approximate surface area is 84.3 Å². The summed E-state index contributed by atoms with van der Waals surface area (Å²) in [4.78, 5) is 0. The molecule has 0 spiro atoms. The number of allylic oxidation sites excluding steroid dienone is 2. The van der Waals surface area contributed by atoms with E-state index in [-0.39, 0.29) is 5.17 Å². The Morgan fingerprint density at radius 1 is 1.58 bits per heavy atom. The van der Waals surface area contributed by atoms with E-state index in [1.807, 2.05) is 0 Å². The molecule has 1 rings (SSSR count). The number of rotatable bonds is 1. The predicted molar refractivity (Wildman–Crippen MR) is 49.9 cm³/mol. The van der Waals surface area contributed by atoms with Crippen LogP contribution in [0.25, 0.3) is 0 Å². The smallest absolute Gasteiger partial charge is 0.178 e. The molecule has 0 fully saturated rings. The van der Waals surface area contributed by atoms with Gasteiger partial charge in [-0.15, -0.1) is 0 Å². The lowest BCUT2D eigenvalue weighted by Gasteiger charge is -2.13. The lowest BCUT2D eigenvalue weighted by Crippen LogP contribution is -2.16. The third-order valence-corrected chi connectivity index (χ3v) is 2.18. The third-order valence-electron chi connectivity index (χ3n) is 1.29. The molecule has 0 unspecified atom stereocenters. The first-order valence-corrected chi connectivity index (χ1v) is 4.16. The number of halogens is 3. The van der Waals surface area contributed by atoms with Crippen molar-refractivity contribution in [2.75, 3.05) is 6.54 Å². The van der Waals surface area contributed by atoms with E-state index in [4.69, 9.17) is 40.0 Å². The molecule has 3 nitrogen and oxygen atoms in total. The molecule has 0 amide bonds. The van der Waals surface area contributed by atoms with Crippen LogP contribution in [0.5, 0.6) is 0 Å². The number of oxime groups is 1. The molecule has 1 aliphatic rings. The molecule has 0 radical (unpaired) electrons. The van der Waals surface area contributed by atoms with E-state index in [1.54, 1.807) is 0 Å². The van der Waals surface area contributed by atoms with Crippen LogP contribution < -0.4 is 5.32 Å². The van der Waals surface area contributed by atoms with Crippen molar-refractivity contribution in [3.63, 3.8) is 0 Å². The number of hydrogen-bond donors (Lipinski definition) is 2. The molecule has 0 aliphatic carbocycles. The van der Waals surface area contributed by atoms with E-state index in [0.29, 0.717) is 22.2 Å². The summed E-state index contributed by atoms with van der Waals surface area (Å²) in [6.07, 6.45) is 1.54. The molecule has 2 N–H and O–H groups in total. The minimum absolute atomic E-state index is 0.109. The topological polar surface area (TPSA) is 44.6 Å². The second kappa shape index (κ2) is 4.03. The van der Waals surface area contributed by atoms with Gasteiger partial charge in [-0.1, -0.05) is 40.0 Å². The van der Waals surface area contributed by atoms with E-state index in [9.17, 15) is 0 Å². The minimum atomic E-state index is -0.109. The van der Waals surface area contributed by atoms with Gasteiger partial charge in [0.05, 0.1) is 17.2 Å². The number of dihydropyridines is 1. The second-order valence-corrected chi connectivity index (χ2v) is 3.27. The summed E-state index contributed by atoms with van der Waals surface area (Å²) in [5.74, 6) is 0. The van der Waals surface area contributed by atoms with Gasteiger partial charge in [0.1, 0.15) is 0 Å². The molecule has 0 aromatic heterocycles. The lowest BCUT2D eigenvalue weighted by molar-refractivity contribution is 0.320. The van der Waals surface area contributed by atoms with E-state index < -0.39 is 0 Å². The zero-order valence-corrected chi connectivity index (χ0v) is 8.08. The Hall–Kier alpha value is -0.380. The van der Waals surface area contributed by atoms with Crippen molar-refractivity contribution in [2.45, 2.75) is 0 Å². The Morgan fingerprint density at radius 3 is 2.75 bits per heavy atom. The van der Waals surface area contributed by atoms with Gasteiger partial charge in [0, 0.05) is 11.2 Å². The first-order valence-electron chi connectivity index (χ1n) is 3.03. The van der Waals surface area contributed by atoms with Crippen LogP contribution in [0.15, 0.2) is 27.0 Å². The van der Waals surface area contributed by atoms with Crippen LogP contribution in [-0.4, -0.2) is 16.9 Å². The molecule has 0 saturated carbocycles. The van der Waals surface area contributed by atoms with Gasteiger partial charge in [0.25, 0.3) is 0 Å². The Bertz CT molecular complexity index is 277. The molecule has 0 atom stereocenters. The fourth-order valence-electron chi connectivity index (χ4n) is 0.781. The normalized spacial score (nSPS) is 18.9. The van der Waals surface area contributed by atoms with E-state index >= 15 is 0 Å². The largest absolute Gasteiger partial charge is 0.410 e. The Morgan fingerprint density at radius 2 is 2.25 bits per heavy atom. The summed E-state index contributed by atoms with van der Waals surface area (Å²) < 4.78 is 0. The molecule has 0 aromatic rings. The quantitative estimate of drug-likeness (QED) is 0.410. The van der Waals surface area contributed by atoms with Crippen molar-refractivity contribution in [1.29, 1.82) is 0 Å². The number of nitrogens with one attached hydrogen (secondary N) is 1. The highest BCUT2D eigenvalue weighted by molar-refractivity contribution is 6.72. The molecule has 66 valence electrons. The maximum Gasteiger partial charge on any atom is 0.178 e. The standard InChI is InChI=1S/C6H5Cl3N2O/c7-3-1-10-2-4(8)5(3)6(9)11-12/h1,10,12H,2H2/b11-6-. The van der Waals surface area contributed by atoms with Crippen molar-refractivity contribution < 1.29 is 5.21 Å². The van der Waals surface area contributed by atoms with E-state index in [1.165, 1.54) is 6.20 Å². The van der Waals surface area contributed by atoms with Gasteiger partial charge in [-0.25, -0.2) is 0 Å². The van der Waals surface area contributed by atoms with Gasteiger partial charge in [0.15, 0.2) is 5.17 Å². The van der Waals surface area contributed by atoms with Crippen LogP contribution in [0.2, 0.25) is 0 Å². The fourth-order valence-corrected chi connectivity index (χ4v) is 1.69. The molecular weight excluding hydrogens is 222 g/mol. The minimum Gasteiger partial charge on any atom is -0.410 e. The summed E-state index contributed by atoms with van der Waals surface area (Å²) in [6.45, 7) is 0.429. The van der Waals surface area contributed by atoms with Gasteiger partial charge >= 0.3 is 0 Å². The maximum absolute atomic E-state index is 8.38. The van der Waals surface area contributed by atoms with Crippen LogP contribution in [0, 0.1) is 0 Å². The SMILES string of the molecule is O/N=C(\Cl)C1=C(Cl)CNC=C1Cl. The Balaban J connectivity index is 3.07. The highest BCUT2D eigenvalue weighted by atomic mass is 35.5. The molecule has 0 bridgehead atoms. The zero-order chi connectivity index (χ0) is 9.14. The molecular formula is C6H5Cl3N2O. The van der Waals surface area contributed by atoms with Crippen LogP contribution in [0.4, 0.5) is 0 Å². The average Bonchev–Trinajstić information content (AvgIpc) is 2.03. The van der Waals surface area contributed by atoms with Gasteiger partial charge < -0.3 is 10.5 Å². The fraction of sp³-hybridized carbons (Fsp3) is 0.167. The highest BCUT2D eigenvalue weighted by Gasteiger charge is 2.17. The summed E-state index contributed by atoms with van der Waals surface area (Å²) in [7, 11) is 0. The average molecular weight is 227 g/mol. The first kappa shape index (κ1) is 9.71. The molecule has 0 aromatic carbocycles. The predicted octanol–water partition coefficient (Wildman–Crippen LogP) is 2.19. The molecule has 12 heavy (non-hydrogen) atoms. The van der Waals surface area contributed by atoms with Crippen molar-refractivity contribution in [3.8, 4) is 0 Å². The molecule has 6 heteroatoms. The van der Waals surface area contributed by atoms with Crippen molar-refractivity contribution in [1.82, 2.24) is 5.32 Å². The lowest BCUT2D eigenvalue weighted by atomic mass is 10.2.